The topological polar surface area (TPSA) is 111 Å². The van der Waals surface area contributed by atoms with E-state index in [0.717, 1.165) is 49.8 Å². The highest BCUT2D eigenvalue weighted by Crippen LogP contribution is 2.26. The third-order valence-electron chi connectivity index (χ3n) is 5.13. The van der Waals surface area contributed by atoms with Crippen molar-refractivity contribution in [1.29, 1.82) is 5.26 Å². The summed E-state index contributed by atoms with van der Waals surface area (Å²) in [5.41, 5.74) is 2.16. The molecule has 1 aromatic carbocycles. The lowest BCUT2D eigenvalue weighted by atomic mass is 9.90. The standard InChI is InChI=1S/C23H33N3O4/c1-23(2,3)30-22(29)26-19-12-10-18(11-13-19)25-20-14-16(15-24)8-9-17(20)6-4-5-7-21(27)28/h8-9,14,18-19,25H,4-7,10-13H2,1-3H3,(H,26,29)(H,27,28). The maximum atomic E-state index is 12.0. The van der Waals surface area contributed by atoms with Crippen LogP contribution in [-0.4, -0.2) is 34.9 Å². The Morgan fingerprint density at radius 1 is 1.17 bits per heavy atom. The number of unbranched alkanes of at least 4 members (excludes halogenated alkanes) is 1. The molecule has 1 aliphatic carbocycles. The van der Waals surface area contributed by atoms with Gasteiger partial charge in [-0.2, -0.15) is 5.26 Å². The average Bonchev–Trinajstić information content (AvgIpc) is 2.66. The molecule has 1 saturated carbocycles. The SMILES string of the molecule is CC(C)(C)OC(=O)NC1CCC(Nc2cc(C#N)ccc2CCCCC(=O)O)CC1. The van der Waals surface area contributed by atoms with Crippen LogP contribution in [0.4, 0.5) is 10.5 Å². The second-order valence-corrected chi connectivity index (χ2v) is 8.92. The van der Waals surface area contributed by atoms with Crippen LogP contribution in [0.15, 0.2) is 18.2 Å². The van der Waals surface area contributed by atoms with E-state index in [4.69, 9.17) is 9.84 Å². The molecule has 164 valence electrons. The van der Waals surface area contributed by atoms with Gasteiger partial charge in [-0.05, 0) is 83.4 Å². The third kappa shape index (κ3) is 8.32. The average molecular weight is 416 g/mol. The van der Waals surface area contributed by atoms with Crippen molar-refractivity contribution in [2.45, 2.75) is 89.8 Å². The summed E-state index contributed by atoms with van der Waals surface area (Å²) in [6.07, 6.45) is 5.56. The van der Waals surface area contributed by atoms with E-state index in [0.29, 0.717) is 12.0 Å². The molecule has 0 unspecified atom stereocenters. The fourth-order valence-electron chi connectivity index (χ4n) is 3.67. The van der Waals surface area contributed by atoms with Gasteiger partial charge in [0.15, 0.2) is 0 Å². The number of carbonyl (C=O) groups is 2. The molecule has 0 aromatic heterocycles. The Hall–Kier alpha value is -2.75. The monoisotopic (exact) mass is 415 g/mol. The third-order valence-corrected chi connectivity index (χ3v) is 5.13. The number of rotatable bonds is 8. The van der Waals surface area contributed by atoms with Crippen molar-refractivity contribution in [3.8, 4) is 6.07 Å². The van der Waals surface area contributed by atoms with Gasteiger partial charge in [0.1, 0.15) is 5.60 Å². The van der Waals surface area contributed by atoms with Crippen molar-refractivity contribution in [2.24, 2.45) is 0 Å². The Morgan fingerprint density at radius 2 is 1.83 bits per heavy atom. The van der Waals surface area contributed by atoms with Crippen LogP contribution in [-0.2, 0) is 16.0 Å². The van der Waals surface area contributed by atoms with E-state index in [-0.39, 0.29) is 24.6 Å². The second kappa shape index (κ2) is 10.9. The van der Waals surface area contributed by atoms with Gasteiger partial charge >= 0.3 is 12.1 Å². The van der Waals surface area contributed by atoms with E-state index in [1.807, 2.05) is 32.9 Å². The van der Waals surface area contributed by atoms with E-state index in [2.05, 4.69) is 16.7 Å². The number of nitriles is 1. The van der Waals surface area contributed by atoms with Crippen LogP contribution in [0.25, 0.3) is 0 Å². The number of nitrogens with one attached hydrogen (secondary N) is 2. The zero-order chi connectivity index (χ0) is 22.1. The summed E-state index contributed by atoms with van der Waals surface area (Å²) >= 11 is 0. The van der Waals surface area contributed by atoms with Crippen LogP contribution < -0.4 is 10.6 Å². The summed E-state index contributed by atoms with van der Waals surface area (Å²) in [6, 6.07) is 8.20. The Kier molecular flexibility index (Phi) is 8.52. The molecule has 1 amide bonds. The predicted molar refractivity (Wildman–Crippen MR) is 115 cm³/mol. The molecule has 7 nitrogen and oxygen atoms in total. The summed E-state index contributed by atoms with van der Waals surface area (Å²) < 4.78 is 5.33. The van der Waals surface area contributed by atoms with E-state index in [9.17, 15) is 14.9 Å². The van der Waals surface area contributed by atoms with Gasteiger partial charge in [-0.3, -0.25) is 4.79 Å². The minimum absolute atomic E-state index is 0.110. The lowest BCUT2D eigenvalue weighted by Gasteiger charge is -2.31. The van der Waals surface area contributed by atoms with Crippen LogP contribution in [0, 0.1) is 11.3 Å². The van der Waals surface area contributed by atoms with Gasteiger partial charge in [0.05, 0.1) is 11.6 Å². The molecule has 0 spiro atoms. The minimum atomic E-state index is -0.773. The van der Waals surface area contributed by atoms with Gasteiger partial charge < -0.3 is 20.5 Å². The summed E-state index contributed by atoms with van der Waals surface area (Å²) in [5, 5.41) is 24.6. The molecule has 0 bridgehead atoms. The first-order valence-electron chi connectivity index (χ1n) is 10.7. The fourth-order valence-corrected chi connectivity index (χ4v) is 3.67. The fraction of sp³-hybridized carbons (Fsp3) is 0.609. The highest BCUT2D eigenvalue weighted by atomic mass is 16.6. The Morgan fingerprint density at radius 3 is 2.43 bits per heavy atom. The van der Waals surface area contributed by atoms with Crippen molar-refractivity contribution in [2.75, 3.05) is 5.32 Å². The predicted octanol–water partition coefficient (Wildman–Crippen LogP) is 4.60. The van der Waals surface area contributed by atoms with Crippen LogP contribution in [0.2, 0.25) is 0 Å². The molecule has 0 radical (unpaired) electrons. The van der Waals surface area contributed by atoms with Crippen molar-refractivity contribution < 1.29 is 19.4 Å². The quantitative estimate of drug-likeness (QED) is 0.535. The maximum Gasteiger partial charge on any atom is 0.407 e. The van der Waals surface area contributed by atoms with Crippen molar-refractivity contribution in [3.05, 3.63) is 29.3 Å². The molecule has 0 heterocycles. The number of anilines is 1. The number of benzene rings is 1. The zero-order valence-corrected chi connectivity index (χ0v) is 18.2. The molecular weight excluding hydrogens is 382 g/mol. The van der Waals surface area contributed by atoms with Crippen molar-refractivity contribution >= 4 is 17.7 Å². The van der Waals surface area contributed by atoms with E-state index in [1.54, 1.807) is 6.07 Å². The van der Waals surface area contributed by atoms with Crippen LogP contribution in [0.3, 0.4) is 0 Å². The largest absolute Gasteiger partial charge is 0.481 e. The number of hydrogen-bond donors (Lipinski definition) is 3. The number of hydrogen-bond acceptors (Lipinski definition) is 5. The summed E-state index contributed by atoms with van der Waals surface area (Å²) in [6.45, 7) is 5.55. The van der Waals surface area contributed by atoms with Gasteiger partial charge in [0.25, 0.3) is 0 Å². The summed E-state index contributed by atoms with van der Waals surface area (Å²) in [7, 11) is 0. The zero-order valence-electron chi connectivity index (χ0n) is 18.2. The van der Waals surface area contributed by atoms with E-state index < -0.39 is 11.6 Å². The first kappa shape index (κ1) is 23.5. The lowest BCUT2D eigenvalue weighted by Crippen LogP contribution is -2.42. The molecule has 7 heteroatoms. The van der Waals surface area contributed by atoms with Gasteiger partial charge in [0, 0.05) is 24.2 Å². The first-order valence-corrected chi connectivity index (χ1v) is 10.7. The first-order chi connectivity index (χ1) is 14.2. The van der Waals surface area contributed by atoms with Gasteiger partial charge in [-0.25, -0.2) is 4.79 Å². The Bertz CT molecular complexity index is 772. The molecular formula is C23H33N3O4. The van der Waals surface area contributed by atoms with Gasteiger partial charge in [0.2, 0.25) is 0 Å². The number of alkyl carbamates (subject to hydrolysis) is 1. The molecule has 3 N–H and O–H groups in total. The molecule has 0 atom stereocenters. The van der Waals surface area contributed by atoms with E-state index >= 15 is 0 Å². The summed E-state index contributed by atoms with van der Waals surface area (Å²) in [5.74, 6) is -0.773. The van der Waals surface area contributed by atoms with Crippen molar-refractivity contribution in [3.63, 3.8) is 0 Å². The van der Waals surface area contributed by atoms with Crippen LogP contribution >= 0.6 is 0 Å². The minimum Gasteiger partial charge on any atom is -0.481 e. The van der Waals surface area contributed by atoms with Crippen LogP contribution in [0.1, 0.15) is 76.8 Å². The molecule has 1 aliphatic rings. The van der Waals surface area contributed by atoms with Gasteiger partial charge in [-0.15, -0.1) is 0 Å². The Balaban J connectivity index is 1.89. The molecule has 30 heavy (non-hydrogen) atoms. The second-order valence-electron chi connectivity index (χ2n) is 8.92. The number of ether oxygens (including phenoxy) is 1. The molecule has 1 fully saturated rings. The number of carboxylic acid groups (broad SMARTS) is 1. The Labute approximate surface area is 178 Å². The molecule has 0 aliphatic heterocycles. The lowest BCUT2D eigenvalue weighted by molar-refractivity contribution is -0.137. The number of carboxylic acids is 1. The highest BCUT2D eigenvalue weighted by molar-refractivity contribution is 5.68. The number of carbonyl (C=O) groups excluding carboxylic acids is 1. The molecule has 1 aromatic rings. The molecule has 2 rings (SSSR count). The number of aryl methyl sites for hydroxylation is 1. The van der Waals surface area contributed by atoms with E-state index in [1.165, 1.54) is 0 Å². The normalized spacial score (nSPS) is 18.9. The van der Waals surface area contributed by atoms with Gasteiger partial charge in [-0.1, -0.05) is 6.07 Å². The molecule has 0 saturated heterocycles. The van der Waals surface area contributed by atoms with Crippen molar-refractivity contribution in [1.82, 2.24) is 5.32 Å². The maximum absolute atomic E-state index is 12.0. The smallest absolute Gasteiger partial charge is 0.407 e. The number of nitrogens with zero attached hydrogens (tertiary/aromatic N) is 1. The number of amides is 1. The summed E-state index contributed by atoms with van der Waals surface area (Å²) in [4.78, 5) is 22.7. The number of aliphatic carboxylic acids is 1. The van der Waals surface area contributed by atoms with Crippen LogP contribution in [0.5, 0.6) is 0 Å². The highest BCUT2D eigenvalue weighted by Gasteiger charge is 2.25.